The predicted octanol–water partition coefficient (Wildman–Crippen LogP) is 3.91. The van der Waals surface area contributed by atoms with Gasteiger partial charge in [-0.1, -0.05) is 24.3 Å². The number of morpholine rings is 1. The second-order valence-corrected chi connectivity index (χ2v) is 7.92. The minimum atomic E-state index is 0.688. The van der Waals surface area contributed by atoms with E-state index in [4.69, 9.17) is 9.47 Å². The topological polar surface area (TPSA) is 41.1 Å². The zero-order chi connectivity index (χ0) is 20.9. The zero-order valence-corrected chi connectivity index (χ0v) is 17.7. The second-order valence-electron chi connectivity index (χ2n) is 7.92. The molecule has 6 heteroatoms. The third-order valence-corrected chi connectivity index (χ3v) is 5.83. The minimum Gasteiger partial charge on any atom is -0.492 e. The second kappa shape index (κ2) is 9.37. The highest BCUT2D eigenvalue weighted by molar-refractivity contribution is 5.82. The van der Waals surface area contributed by atoms with Crippen molar-refractivity contribution in [3.63, 3.8) is 0 Å². The Kier molecular flexibility index (Phi) is 6.00. The summed E-state index contributed by atoms with van der Waals surface area (Å²) in [4.78, 5) is 11.4. The number of hydrogen-bond acceptors (Lipinski definition) is 6. The highest BCUT2D eigenvalue weighted by Crippen LogP contribution is 2.41. The first-order chi connectivity index (χ1) is 15.4. The molecule has 0 saturated carbocycles. The van der Waals surface area contributed by atoms with Crippen LogP contribution in [0.1, 0.15) is 5.56 Å². The van der Waals surface area contributed by atoms with E-state index in [0.29, 0.717) is 6.61 Å². The Morgan fingerprint density at radius 1 is 0.935 bits per heavy atom. The molecule has 0 amide bonds. The zero-order valence-electron chi connectivity index (χ0n) is 17.7. The van der Waals surface area contributed by atoms with E-state index in [1.54, 1.807) is 0 Å². The number of aromatic nitrogens is 1. The molecule has 31 heavy (non-hydrogen) atoms. The number of pyridine rings is 1. The lowest BCUT2D eigenvalue weighted by Crippen LogP contribution is -2.38. The van der Waals surface area contributed by atoms with Crippen LogP contribution >= 0.6 is 0 Å². The van der Waals surface area contributed by atoms with Crippen LogP contribution in [0.25, 0.3) is 0 Å². The van der Waals surface area contributed by atoms with E-state index in [1.807, 2.05) is 24.5 Å². The molecule has 0 aliphatic carbocycles. The van der Waals surface area contributed by atoms with Gasteiger partial charge in [-0.05, 0) is 35.9 Å². The van der Waals surface area contributed by atoms with Gasteiger partial charge >= 0.3 is 0 Å². The van der Waals surface area contributed by atoms with Crippen molar-refractivity contribution in [2.24, 2.45) is 0 Å². The quantitative estimate of drug-likeness (QED) is 0.582. The summed E-state index contributed by atoms with van der Waals surface area (Å²) in [5.74, 6) is 0.911. The van der Waals surface area contributed by atoms with Crippen molar-refractivity contribution in [1.82, 2.24) is 9.88 Å². The first kappa shape index (κ1) is 19.8. The lowest BCUT2D eigenvalue weighted by atomic mass is 10.2. The standard InChI is InChI=1S/C25H28N4O2/c1-2-9-25-24(8-1)28(19-21-5-4-10-26-18-21)20-29(25)22-6-3-7-23(17-22)31-16-13-27-11-14-30-15-12-27/h1-10,17-18H,11-16,19-20H2. The van der Waals surface area contributed by atoms with Crippen LogP contribution in [-0.4, -0.2) is 56.0 Å². The summed E-state index contributed by atoms with van der Waals surface area (Å²) in [6.45, 7) is 6.86. The van der Waals surface area contributed by atoms with Crippen molar-refractivity contribution < 1.29 is 9.47 Å². The van der Waals surface area contributed by atoms with E-state index in [1.165, 1.54) is 16.9 Å². The molecule has 1 saturated heterocycles. The van der Waals surface area contributed by atoms with Crippen molar-refractivity contribution in [2.45, 2.75) is 6.54 Å². The molecule has 0 bridgehead atoms. The number of nitrogens with zero attached hydrogens (tertiary/aromatic N) is 4. The monoisotopic (exact) mass is 416 g/mol. The fraction of sp³-hybridized carbons (Fsp3) is 0.320. The Morgan fingerprint density at radius 2 is 1.81 bits per heavy atom. The van der Waals surface area contributed by atoms with Gasteiger partial charge in [-0.15, -0.1) is 0 Å². The maximum atomic E-state index is 6.09. The molecule has 0 atom stereocenters. The molecule has 3 aromatic rings. The molecular weight excluding hydrogens is 388 g/mol. The lowest BCUT2D eigenvalue weighted by molar-refractivity contribution is 0.0322. The summed E-state index contributed by atoms with van der Waals surface area (Å²) in [6.07, 6.45) is 3.76. The molecule has 1 aromatic heterocycles. The van der Waals surface area contributed by atoms with Crippen molar-refractivity contribution in [3.05, 3.63) is 78.6 Å². The van der Waals surface area contributed by atoms with Crippen LogP contribution in [0.15, 0.2) is 73.1 Å². The van der Waals surface area contributed by atoms with E-state index in [-0.39, 0.29) is 0 Å². The lowest BCUT2D eigenvalue weighted by Gasteiger charge is -2.26. The fourth-order valence-corrected chi connectivity index (χ4v) is 4.21. The van der Waals surface area contributed by atoms with Gasteiger partial charge in [-0.3, -0.25) is 9.88 Å². The smallest absolute Gasteiger partial charge is 0.121 e. The molecule has 1 fully saturated rings. The molecule has 160 valence electrons. The maximum absolute atomic E-state index is 6.09. The van der Waals surface area contributed by atoms with Gasteiger partial charge in [-0.25, -0.2) is 0 Å². The molecule has 2 aliphatic heterocycles. The van der Waals surface area contributed by atoms with Crippen LogP contribution in [0.3, 0.4) is 0 Å². The molecule has 0 spiro atoms. The first-order valence-electron chi connectivity index (χ1n) is 10.9. The predicted molar refractivity (Wildman–Crippen MR) is 123 cm³/mol. The van der Waals surface area contributed by atoms with E-state index in [0.717, 1.165) is 57.5 Å². The number of hydrogen-bond donors (Lipinski definition) is 0. The number of rotatable bonds is 7. The molecule has 5 rings (SSSR count). The summed E-state index contributed by atoms with van der Waals surface area (Å²) in [5, 5.41) is 0. The van der Waals surface area contributed by atoms with E-state index in [2.05, 4.69) is 68.2 Å². The first-order valence-corrected chi connectivity index (χ1v) is 10.9. The Morgan fingerprint density at radius 3 is 2.65 bits per heavy atom. The van der Waals surface area contributed by atoms with Crippen LogP contribution in [0.5, 0.6) is 5.75 Å². The van der Waals surface area contributed by atoms with Crippen molar-refractivity contribution in [1.29, 1.82) is 0 Å². The van der Waals surface area contributed by atoms with Gasteiger partial charge in [0, 0.05) is 50.3 Å². The molecule has 2 aliphatic rings. The SMILES string of the molecule is c1cncc(CN2CN(c3cccc(OCCN4CCOCC4)c3)c3ccccc32)c1. The Labute approximate surface area is 183 Å². The molecule has 0 radical (unpaired) electrons. The third kappa shape index (κ3) is 4.65. The van der Waals surface area contributed by atoms with Gasteiger partial charge in [0.2, 0.25) is 0 Å². The van der Waals surface area contributed by atoms with Gasteiger partial charge in [0.1, 0.15) is 12.4 Å². The van der Waals surface area contributed by atoms with E-state index in [9.17, 15) is 0 Å². The Hall–Kier alpha value is -3.09. The van der Waals surface area contributed by atoms with Gasteiger partial charge in [0.15, 0.2) is 0 Å². The number of fused-ring (bicyclic) bond motifs is 1. The van der Waals surface area contributed by atoms with E-state index < -0.39 is 0 Å². The van der Waals surface area contributed by atoms with Crippen LogP contribution in [0.2, 0.25) is 0 Å². The molecule has 0 N–H and O–H groups in total. The average molecular weight is 417 g/mol. The van der Waals surface area contributed by atoms with Crippen molar-refractivity contribution in [3.8, 4) is 5.75 Å². The van der Waals surface area contributed by atoms with Crippen molar-refractivity contribution >= 4 is 17.1 Å². The number of ether oxygens (including phenoxy) is 2. The highest BCUT2D eigenvalue weighted by atomic mass is 16.5. The Balaban J connectivity index is 1.29. The molecule has 6 nitrogen and oxygen atoms in total. The number of para-hydroxylation sites is 2. The van der Waals surface area contributed by atoms with Crippen molar-refractivity contribution in [2.75, 3.05) is 55.9 Å². The van der Waals surface area contributed by atoms with E-state index >= 15 is 0 Å². The number of benzene rings is 2. The fourth-order valence-electron chi connectivity index (χ4n) is 4.21. The third-order valence-electron chi connectivity index (χ3n) is 5.83. The van der Waals surface area contributed by atoms with Crippen LogP contribution in [0, 0.1) is 0 Å². The Bertz CT molecular complexity index is 992. The van der Waals surface area contributed by atoms with Gasteiger partial charge < -0.3 is 19.3 Å². The molecule has 2 aromatic carbocycles. The maximum Gasteiger partial charge on any atom is 0.121 e. The van der Waals surface area contributed by atoms with Crippen LogP contribution in [-0.2, 0) is 11.3 Å². The summed E-state index contributed by atoms with van der Waals surface area (Å²) in [6, 6.07) is 21.1. The summed E-state index contributed by atoms with van der Waals surface area (Å²) in [7, 11) is 0. The summed E-state index contributed by atoms with van der Waals surface area (Å²) in [5.41, 5.74) is 4.81. The average Bonchev–Trinajstić information content (AvgIpc) is 3.19. The van der Waals surface area contributed by atoms with Gasteiger partial charge in [-0.2, -0.15) is 0 Å². The number of anilines is 3. The highest BCUT2D eigenvalue weighted by Gasteiger charge is 2.26. The summed E-state index contributed by atoms with van der Waals surface area (Å²) < 4.78 is 11.5. The van der Waals surface area contributed by atoms with Crippen LogP contribution < -0.4 is 14.5 Å². The van der Waals surface area contributed by atoms with Gasteiger partial charge in [0.25, 0.3) is 0 Å². The molecular formula is C25H28N4O2. The largest absolute Gasteiger partial charge is 0.492 e. The normalized spacial score (nSPS) is 16.4. The molecule has 3 heterocycles. The molecule has 0 unspecified atom stereocenters. The van der Waals surface area contributed by atoms with Crippen LogP contribution in [0.4, 0.5) is 17.1 Å². The minimum absolute atomic E-state index is 0.688. The summed E-state index contributed by atoms with van der Waals surface area (Å²) >= 11 is 0. The van der Waals surface area contributed by atoms with Gasteiger partial charge in [0.05, 0.1) is 31.3 Å².